The average Bonchev–Trinajstić information content (AvgIpc) is 3.11. The van der Waals surface area contributed by atoms with Crippen molar-refractivity contribution in [3.05, 3.63) is 54.1 Å². The Hall–Kier alpha value is -2.87. The minimum atomic E-state index is -0.119. The maximum atomic E-state index is 12.2. The lowest BCUT2D eigenvalue weighted by Crippen LogP contribution is -2.14. The van der Waals surface area contributed by atoms with Crippen molar-refractivity contribution in [3.63, 3.8) is 0 Å². The molecule has 2 aromatic carbocycles. The summed E-state index contributed by atoms with van der Waals surface area (Å²) in [4.78, 5) is 12.2. The molecule has 1 heterocycles. The van der Waals surface area contributed by atoms with E-state index in [1.54, 1.807) is 4.68 Å². The summed E-state index contributed by atoms with van der Waals surface area (Å²) in [6.07, 6.45) is 0. The molecular formula is C18H19N5O2S. The quantitative estimate of drug-likeness (QED) is 0.645. The first kappa shape index (κ1) is 17.9. The number of hydrogen-bond donors (Lipinski definition) is 1. The molecule has 26 heavy (non-hydrogen) atoms. The Morgan fingerprint density at radius 2 is 1.96 bits per heavy atom. The van der Waals surface area contributed by atoms with Crippen molar-refractivity contribution in [2.45, 2.75) is 19.0 Å². The van der Waals surface area contributed by atoms with Gasteiger partial charge in [0, 0.05) is 5.69 Å². The van der Waals surface area contributed by atoms with Gasteiger partial charge in [0.25, 0.3) is 0 Å². The zero-order valence-electron chi connectivity index (χ0n) is 14.5. The number of rotatable bonds is 7. The van der Waals surface area contributed by atoms with Crippen LogP contribution in [0.5, 0.6) is 5.75 Å². The van der Waals surface area contributed by atoms with Crippen molar-refractivity contribution in [1.29, 1.82) is 0 Å². The van der Waals surface area contributed by atoms with Gasteiger partial charge in [-0.15, -0.1) is 5.10 Å². The first-order chi connectivity index (χ1) is 12.7. The minimum absolute atomic E-state index is 0.119. The SMILES string of the molecule is CCOc1ccccc1-n1nnnc1SCC(=O)Nc1ccc(C)cc1. The van der Waals surface area contributed by atoms with Gasteiger partial charge >= 0.3 is 0 Å². The van der Waals surface area contributed by atoms with E-state index in [4.69, 9.17) is 4.74 Å². The number of nitrogens with zero attached hydrogens (tertiary/aromatic N) is 4. The highest BCUT2D eigenvalue weighted by atomic mass is 32.2. The number of para-hydroxylation sites is 2. The predicted octanol–water partition coefficient (Wildman–Crippen LogP) is 3.10. The highest BCUT2D eigenvalue weighted by Gasteiger charge is 2.14. The van der Waals surface area contributed by atoms with E-state index in [2.05, 4.69) is 20.8 Å². The maximum absolute atomic E-state index is 12.2. The number of carbonyl (C=O) groups excluding carboxylic acids is 1. The molecule has 0 saturated carbocycles. The van der Waals surface area contributed by atoms with Gasteiger partial charge < -0.3 is 10.1 Å². The van der Waals surface area contributed by atoms with Gasteiger partial charge in [-0.2, -0.15) is 4.68 Å². The van der Waals surface area contributed by atoms with E-state index in [1.807, 2.05) is 62.4 Å². The number of aromatic nitrogens is 4. The Morgan fingerprint density at radius 3 is 2.73 bits per heavy atom. The normalized spacial score (nSPS) is 10.5. The van der Waals surface area contributed by atoms with Crippen LogP contribution in [0.2, 0.25) is 0 Å². The molecule has 0 unspecified atom stereocenters. The highest BCUT2D eigenvalue weighted by Crippen LogP contribution is 2.26. The Morgan fingerprint density at radius 1 is 1.19 bits per heavy atom. The van der Waals surface area contributed by atoms with Crippen LogP contribution in [-0.4, -0.2) is 38.5 Å². The largest absolute Gasteiger partial charge is 0.492 e. The van der Waals surface area contributed by atoms with Gasteiger partial charge in [0.05, 0.1) is 12.4 Å². The summed E-state index contributed by atoms with van der Waals surface area (Å²) in [6.45, 7) is 4.46. The number of benzene rings is 2. The van der Waals surface area contributed by atoms with Crippen LogP contribution in [0.3, 0.4) is 0 Å². The molecule has 0 aliphatic carbocycles. The Kier molecular flexibility index (Phi) is 5.85. The van der Waals surface area contributed by atoms with Crippen molar-refractivity contribution in [2.75, 3.05) is 17.7 Å². The summed E-state index contributed by atoms with van der Waals surface area (Å²) in [5.74, 6) is 0.769. The molecule has 1 aromatic heterocycles. The molecule has 0 saturated heterocycles. The van der Waals surface area contributed by atoms with Crippen LogP contribution in [-0.2, 0) is 4.79 Å². The van der Waals surface area contributed by atoms with Crippen molar-refractivity contribution in [2.24, 2.45) is 0 Å². The lowest BCUT2D eigenvalue weighted by Gasteiger charge is -2.10. The second kappa shape index (κ2) is 8.48. The van der Waals surface area contributed by atoms with Crippen LogP contribution in [0.1, 0.15) is 12.5 Å². The highest BCUT2D eigenvalue weighted by molar-refractivity contribution is 7.99. The first-order valence-corrected chi connectivity index (χ1v) is 9.16. The van der Waals surface area contributed by atoms with Gasteiger partial charge in [0.1, 0.15) is 11.4 Å². The number of amides is 1. The number of hydrogen-bond acceptors (Lipinski definition) is 6. The number of anilines is 1. The van der Waals surface area contributed by atoms with Crippen LogP contribution in [0.4, 0.5) is 5.69 Å². The Balaban J connectivity index is 1.68. The predicted molar refractivity (Wildman–Crippen MR) is 101 cm³/mol. The van der Waals surface area contributed by atoms with E-state index in [9.17, 15) is 4.79 Å². The molecule has 134 valence electrons. The Labute approximate surface area is 155 Å². The van der Waals surface area contributed by atoms with Gasteiger partial charge in [0.15, 0.2) is 0 Å². The van der Waals surface area contributed by atoms with E-state index in [0.29, 0.717) is 17.5 Å². The molecule has 8 heteroatoms. The first-order valence-electron chi connectivity index (χ1n) is 8.17. The third-order valence-electron chi connectivity index (χ3n) is 3.50. The molecule has 1 amide bonds. The summed E-state index contributed by atoms with van der Waals surface area (Å²) in [7, 11) is 0. The maximum Gasteiger partial charge on any atom is 0.234 e. The number of thioether (sulfide) groups is 1. The summed E-state index contributed by atoms with van der Waals surface area (Å²) in [6, 6.07) is 15.2. The summed E-state index contributed by atoms with van der Waals surface area (Å²) < 4.78 is 7.20. The zero-order chi connectivity index (χ0) is 18.4. The van der Waals surface area contributed by atoms with Crippen molar-refractivity contribution in [3.8, 4) is 11.4 Å². The van der Waals surface area contributed by atoms with Gasteiger partial charge in [-0.05, 0) is 48.5 Å². The second-order valence-electron chi connectivity index (χ2n) is 5.48. The average molecular weight is 369 g/mol. The number of aryl methyl sites for hydroxylation is 1. The number of nitrogens with one attached hydrogen (secondary N) is 1. The second-order valence-corrected chi connectivity index (χ2v) is 6.42. The van der Waals surface area contributed by atoms with Crippen molar-refractivity contribution < 1.29 is 9.53 Å². The molecule has 0 fully saturated rings. The fourth-order valence-corrected chi connectivity index (χ4v) is 2.98. The molecular weight excluding hydrogens is 350 g/mol. The van der Waals surface area contributed by atoms with Gasteiger partial charge in [-0.25, -0.2) is 0 Å². The van der Waals surface area contributed by atoms with E-state index in [1.165, 1.54) is 11.8 Å². The number of tetrazole rings is 1. The van der Waals surface area contributed by atoms with Crippen molar-refractivity contribution >= 4 is 23.4 Å². The van der Waals surface area contributed by atoms with Crippen LogP contribution in [0.25, 0.3) is 5.69 Å². The third-order valence-corrected chi connectivity index (χ3v) is 4.42. The number of carbonyl (C=O) groups is 1. The molecule has 0 spiro atoms. The summed E-state index contributed by atoms with van der Waals surface area (Å²) >= 11 is 1.27. The molecule has 0 aliphatic heterocycles. The monoisotopic (exact) mass is 369 g/mol. The summed E-state index contributed by atoms with van der Waals surface area (Å²) in [5, 5.41) is 15.1. The zero-order valence-corrected chi connectivity index (χ0v) is 15.4. The molecule has 0 atom stereocenters. The van der Waals surface area contributed by atoms with Crippen LogP contribution in [0.15, 0.2) is 53.7 Å². The van der Waals surface area contributed by atoms with Crippen LogP contribution < -0.4 is 10.1 Å². The molecule has 1 N–H and O–H groups in total. The van der Waals surface area contributed by atoms with E-state index in [-0.39, 0.29) is 11.7 Å². The van der Waals surface area contributed by atoms with Gasteiger partial charge in [-0.3, -0.25) is 4.79 Å². The van der Waals surface area contributed by atoms with Crippen molar-refractivity contribution in [1.82, 2.24) is 20.2 Å². The third kappa shape index (κ3) is 4.40. The van der Waals surface area contributed by atoms with E-state index >= 15 is 0 Å². The molecule has 0 radical (unpaired) electrons. The standard InChI is InChI=1S/C18H19N5O2S/c1-3-25-16-7-5-4-6-15(16)23-18(20-21-22-23)26-12-17(24)19-14-10-8-13(2)9-11-14/h4-11H,3,12H2,1-2H3,(H,19,24). The lowest BCUT2D eigenvalue weighted by atomic mass is 10.2. The number of ether oxygens (including phenoxy) is 1. The van der Waals surface area contributed by atoms with E-state index < -0.39 is 0 Å². The topological polar surface area (TPSA) is 81.9 Å². The van der Waals surface area contributed by atoms with Gasteiger partial charge in [0.2, 0.25) is 11.1 Å². The molecule has 0 bridgehead atoms. The van der Waals surface area contributed by atoms with Crippen LogP contribution in [0, 0.1) is 6.92 Å². The smallest absolute Gasteiger partial charge is 0.234 e. The van der Waals surface area contributed by atoms with Crippen LogP contribution >= 0.6 is 11.8 Å². The van der Waals surface area contributed by atoms with E-state index in [0.717, 1.165) is 16.9 Å². The fourth-order valence-electron chi connectivity index (χ4n) is 2.29. The molecule has 7 nitrogen and oxygen atoms in total. The molecule has 3 aromatic rings. The fraction of sp³-hybridized carbons (Fsp3) is 0.222. The lowest BCUT2D eigenvalue weighted by molar-refractivity contribution is -0.113. The Bertz CT molecular complexity index is 879. The van der Waals surface area contributed by atoms with Gasteiger partial charge in [-0.1, -0.05) is 41.6 Å². The summed E-state index contributed by atoms with van der Waals surface area (Å²) in [5.41, 5.74) is 2.65. The molecule has 0 aliphatic rings. The molecule has 3 rings (SSSR count). The minimum Gasteiger partial charge on any atom is -0.492 e.